The molecular formula is C17H19NO3. The average molecular weight is 285 g/mol. The van der Waals surface area contributed by atoms with Gasteiger partial charge in [0.15, 0.2) is 0 Å². The van der Waals surface area contributed by atoms with Crippen LogP contribution >= 0.6 is 0 Å². The normalized spacial score (nSPS) is 11.9. The highest BCUT2D eigenvalue weighted by Gasteiger charge is 2.18. The maximum absolute atomic E-state index is 11.2. The lowest BCUT2D eigenvalue weighted by molar-refractivity contribution is -0.139. The van der Waals surface area contributed by atoms with Crippen molar-refractivity contribution in [3.8, 4) is 0 Å². The van der Waals surface area contributed by atoms with E-state index in [9.17, 15) is 9.90 Å². The van der Waals surface area contributed by atoms with E-state index in [1.807, 2.05) is 42.5 Å². The van der Waals surface area contributed by atoms with E-state index >= 15 is 0 Å². The van der Waals surface area contributed by atoms with Gasteiger partial charge in [-0.25, -0.2) is 4.79 Å². The van der Waals surface area contributed by atoms with Crippen molar-refractivity contribution in [2.45, 2.75) is 12.5 Å². The number of nitrogens with one attached hydrogen (secondary N) is 1. The van der Waals surface area contributed by atoms with Gasteiger partial charge in [0.2, 0.25) is 0 Å². The van der Waals surface area contributed by atoms with Crippen LogP contribution in [0, 0.1) is 0 Å². The van der Waals surface area contributed by atoms with Crippen LogP contribution in [-0.2, 0) is 16.0 Å². The zero-order valence-electron chi connectivity index (χ0n) is 12.0. The van der Waals surface area contributed by atoms with Gasteiger partial charge in [-0.3, -0.25) is 0 Å². The Balaban J connectivity index is 2.18. The summed E-state index contributed by atoms with van der Waals surface area (Å²) in [4.78, 5) is 11.2. The van der Waals surface area contributed by atoms with Crippen LogP contribution in [0.15, 0.2) is 54.6 Å². The standard InChI is InChI=1S/C17H19NO3/c1-21-12-16(17(19)20)18-15-10-6-5-9-14(15)11-13-7-3-2-4-8-13/h2-10,16,18H,11-12H2,1H3,(H,19,20). The zero-order chi connectivity index (χ0) is 15.1. The summed E-state index contributed by atoms with van der Waals surface area (Å²) in [5, 5.41) is 12.2. The fourth-order valence-electron chi connectivity index (χ4n) is 2.16. The van der Waals surface area contributed by atoms with Crippen molar-refractivity contribution in [3.63, 3.8) is 0 Å². The number of carboxylic acid groups (broad SMARTS) is 1. The number of carbonyl (C=O) groups is 1. The maximum atomic E-state index is 11.2. The molecule has 2 N–H and O–H groups in total. The average Bonchev–Trinajstić information content (AvgIpc) is 2.49. The highest BCUT2D eigenvalue weighted by atomic mass is 16.5. The predicted octanol–water partition coefficient (Wildman–Crippen LogP) is 2.79. The first kappa shape index (κ1) is 15.1. The van der Waals surface area contributed by atoms with Crippen LogP contribution in [0.5, 0.6) is 0 Å². The Hall–Kier alpha value is -2.33. The van der Waals surface area contributed by atoms with Crippen molar-refractivity contribution in [2.75, 3.05) is 19.0 Å². The van der Waals surface area contributed by atoms with Crippen molar-refractivity contribution in [2.24, 2.45) is 0 Å². The molecule has 0 aliphatic heterocycles. The monoisotopic (exact) mass is 285 g/mol. The van der Waals surface area contributed by atoms with E-state index in [1.165, 1.54) is 12.7 Å². The van der Waals surface area contributed by atoms with Gasteiger partial charge in [0.25, 0.3) is 0 Å². The van der Waals surface area contributed by atoms with Crippen LogP contribution in [0.2, 0.25) is 0 Å². The van der Waals surface area contributed by atoms with Gasteiger partial charge in [0, 0.05) is 12.8 Å². The fraction of sp³-hybridized carbons (Fsp3) is 0.235. The third-order valence-corrected chi connectivity index (χ3v) is 3.22. The van der Waals surface area contributed by atoms with Gasteiger partial charge < -0.3 is 15.2 Å². The molecule has 4 heteroatoms. The van der Waals surface area contributed by atoms with Gasteiger partial charge >= 0.3 is 5.97 Å². The second-order valence-corrected chi connectivity index (χ2v) is 4.81. The van der Waals surface area contributed by atoms with E-state index in [1.54, 1.807) is 0 Å². The van der Waals surface area contributed by atoms with E-state index in [-0.39, 0.29) is 6.61 Å². The molecule has 0 saturated heterocycles. The molecule has 1 atom stereocenters. The van der Waals surface area contributed by atoms with Crippen molar-refractivity contribution in [3.05, 3.63) is 65.7 Å². The van der Waals surface area contributed by atoms with Crippen molar-refractivity contribution >= 4 is 11.7 Å². The predicted molar refractivity (Wildman–Crippen MR) is 82.6 cm³/mol. The molecule has 21 heavy (non-hydrogen) atoms. The molecule has 0 fully saturated rings. The Morgan fingerprint density at radius 3 is 2.48 bits per heavy atom. The van der Waals surface area contributed by atoms with Crippen LogP contribution in [-0.4, -0.2) is 30.8 Å². The lowest BCUT2D eigenvalue weighted by atomic mass is 10.0. The SMILES string of the molecule is COCC(Nc1ccccc1Cc1ccccc1)C(=O)O. The number of rotatable bonds is 7. The number of anilines is 1. The minimum Gasteiger partial charge on any atom is -0.480 e. The molecule has 110 valence electrons. The number of aliphatic carboxylic acids is 1. The summed E-state index contributed by atoms with van der Waals surface area (Å²) < 4.78 is 4.95. The highest BCUT2D eigenvalue weighted by Crippen LogP contribution is 2.20. The Morgan fingerprint density at radius 2 is 1.81 bits per heavy atom. The van der Waals surface area contributed by atoms with Gasteiger partial charge in [0.1, 0.15) is 6.04 Å². The largest absolute Gasteiger partial charge is 0.480 e. The maximum Gasteiger partial charge on any atom is 0.328 e. The first-order valence-corrected chi connectivity index (χ1v) is 6.81. The van der Waals surface area contributed by atoms with Crippen LogP contribution in [0.1, 0.15) is 11.1 Å². The van der Waals surface area contributed by atoms with E-state index in [0.717, 1.165) is 17.7 Å². The molecule has 2 aromatic rings. The number of benzene rings is 2. The second-order valence-electron chi connectivity index (χ2n) is 4.81. The minimum atomic E-state index is -0.925. The summed E-state index contributed by atoms with van der Waals surface area (Å²) in [7, 11) is 1.49. The van der Waals surface area contributed by atoms with E-state index in [2.05, 4.69) is 17.4 Å². The van der Waals surface area contributed by atoms with Crippen molar-refractivity contribution < 1.29 is 14.6 Å². The van der Waals surface area contributed by atoms with Crippen LogP contribution < -0.4 is 5.32 Å². The first-order chi connectivity index (χ1) is 10.2. The Bertz CT molecular complexity index is 584. The molecule has 2 rings (SSSR count). The topological polar surface area (TPSA) is 58.6 Å². The highest BCUT2D eigenvalue weighted by molar-refractivity contribution is 5.78. The summed E-state index contributed by atoms with van der Waals surface area (Å²) in [5.41, 5.74) is 3.07. The molecule has 0 spiro atoms. The van der Waals surface area contributed by atoms with Gasteiger partial charge in [-0.2, -0.15) is 0 Å². The lowest BCUT2D eigenvalue weighted by Gasteiger charge is -2.17. The Labute approximate surface area is 124 Å². The minimum absolute atomic E-state index is 0.120. The molecule has 0 aromatic heterocycles. The summed E-state index contributed by atoms with van der Waals surface area (Å²) in [5.74, 6) is -0.925. The number of para-hydroxylation sites is 1. The zero-order valence-corrected chi connectivity index (χ0v) is 12.0. The number of ether oxygens (including phenoxy) is 1. The van der Waals surface area contributed by atoms with Crippen LogP contribution in [0.4, 0.5) is 5.69 Å². The summed E-state index contributed by atoms with van der Waals surface area (Å²) in [6.45, 7) is 0.120. The van der Waals surface area contributed by atoms with E-state index in [4.69, 9.17) is 4.74 Å². The van der Waals surface area contributed by atoms with E-state index in [0.29, 0.717) is 0 Å². The van der Waals surface area contributed by atoms with Gasteiger partial charge in [-0.05, 0) is 23.6 Å². The fourth-order valence-corrected chi connectivity index (χ4v) is 2.16. The molecule has 0 aliphatic rings. The number of methoxy groups -OCH3 is 1. The molecule has 2 aromatic carbocycles. The number of hydrogen-bond acceptors (Lipinski definition) is 3. The van der Waals surface area contributed by atoms with Crippen LogP contribution in [0.3, 0.4) is 0 Å². The molecule has 0 aliphatic carbocycles. The molecule has 0 saturated carbocycles. The quantitative estimate of drug-likeness (QED) is 0.821. The smallest absolute Gasteiger partial charge is 0.328 e. The Kier molecular flexibility index (Phi) is 5.35. The van der Waals surface area contributed by atoms with Crippen LogP contribution in [0.25, 0.3) is 0 Å². The second kappa shape index (κ2) is 7.45. The third-order valence-electron chi connectivity index (χ3n) is 3.22. The molecule has 1 unspecified atom stereocenters. The van der Waals surface area contributed by atoms with Gasteiger partial charge in [-0.15, -0.1) is 0 Å². The van der Waals surface area contributed by atoms with Gasteiger partial charge in [-0.1, -0.05) is 48.5 Å². The Morgan fingerprint density at radius 1 is 1.14 bits per heavy atom. The summed E-state index contributed by atoms with van der Waals surface area (Å²) in [6.07, 6.45) is 0.753. The molecule has 0 amide bonds. The van der Waals surface area contributed by atoms with Gasteiger partial charge in [0.05, 0.1) is 6.61 Å². The number of hydrogen-bond donors (Lipinski definition) is 2. The molecule has 0 bridgehead atoms. The summed E-state index contributed by atoms with van der Waals surface area (Å²) in [6, 6.07) is 17.1. The molecule has 4 nitrogen and oxygen atoms in total. The third kappa shape index (κ3) is 4.33. The van der Waals surface area contributed by atoms with Crippen molar-refractivity contribution in [1.82, 2.24) is 0 Å². The van der Waals surface area contributed by atoms with Crippen molar-refractivity contribution in [1.29, 1.82) is 0 Å². The number of carboxylic acids is 1. The van der Waals surface area contributed by atoms with E-state index < -0.39 is 12.0 Å². The molecule has 0 radical (unpaired) electrons. The first-order valence-electron chi connectivity index (χ1n) is 6.81. The lowest BCUT2D eigenvalue weighted by Crippen LogP contribution is -2.33. The molecule has 0 heterocycles. The molecular weight excluding hydrogens is 266 g/mol. The summed E-state index contributed by atoms with van der Waals surface area (Å²) >= 11 is 0.